The number of primary sulfonamides is 1. The minimum Gasteiger partial charge on any atom is -0.330 e. The van der Waals surface area contributed by atoms with Crippen LogP contribution in [0.15, 0.2) is 53.4 Å². The van der Waals surface area contributed by atoms with E-state index in [2.05, 4.69) is 0 Å². The summed E-state index contributed by atoms with van der Waals surface area (Å²) >= 11 is 13.2. The lowest BCUT2D eigenvalue weighted by molar-refractivity contribution is 0.598. The average molecular weight is 507 g/mol. The quantitative estimate of drug-likeness (QED) is 0.351. The van der Waals surface area contributed by atoms with Gasteiger partial charge in [-0.1, -0.05) is 41.4 Å². The molecule has 3 aromatic rings. The topological polar surface area (TPSA) is 138 Å². The summed E-state index contributed by atoms with van der Waals surface area (Å²) in [5, 5.41) is 6.60. The lowest BCUT2D eigenvalue weighted by Gasteiger charge is -2.19. The minimum absolute atomic E-state index is 0.0249. The van der Waals surface area contributed by atoms with Gasteiger partial charge in [0.2, 0.25) is 10.0 Å². The third kappa shape index (κ3) is 5.75. The molecule has 3 rings (SSSR count). The highest BCUT2D eigenvalue weighted by atomic mass is 35.5. The molecule has 0 fully saturated rings. The second-order valence-corrected chi connectivity index (χ2v) is 10.1. The van der Waals surface area contributed by atoms with Crippen molar-refractivity contribution in [2.24, 2.45) is 22.3 Å². The Balaban J connectivity index is 2.30. The summed E-state index contributed by atoms with van der Waals surface area (Å²) in [6.45, 7) is 1.24. The summed E-state index contributed by atoms with van der Waals surface area (Å²) in [5.74, 6) is 0. The van der Waals surface area contributed by atoms with Crippen molar-refractivity contribution in [2.75, 3.05) is 19.6 Å². The summed E-state index contributed by atoms with van der Waals surface area (Å²) in [4.78, 5) is 0.0249. The fraction of sp³-hybridized carbons (Fsp3) is 0.250. The van der Waals surface area contributed by atoms with Gasteiger partial charge in [-0.05, 0) is 97.0 Å². The molecule has 6 nitrogen and oxygen atoms in total. The summed E-state index contributed by atoms with van der Waals surface area (Å²) in [7, 11) is -3.98. The molecule has 0 saturated carbocycles. The Morgan fingerprint density at radius 1 is 0.697 bits per heavy atom. The molecule has 0 amide bonds. The molecule has 0 aliphatic heterocycles. The molecule has 0 spiro atoms. The molecule has 8 N–H and O–H groups in total. The highest BCUT2D eigenvalue weighted by Gasteiger charge is 2.21. The Morgan fingerprint density at radius 2 is 1.39 bits per heavy atom. The standard InChI is InChI=1S/C24H28Cl2N4O2S/c25-22-3-1-2-17(18(22)8-11-29)20-13-16(7-10-28)19(14-23(20)26)21-12-15(6-9-27)4-5-24(21)33(30,31)32/h1-5,12-14H,6-11,27-29H2,(H2,30,31,32). The molecule has 3 aromatic carbocycles. The van der Waals surface area contributed by atoms with Crippen molar-refractivity contribution in [3.63, 3.8) is 0 Å². The van der Waals surface area contributed by atoms with Crippen LogP contribution in [-0.4, -0.2) is 28.1 Å². The molecule has 0 bridgehead atoms. The molecule has 0 aliphatic carbocycles. The van der Waals surface area contributed by atoms with E-state index >= 15 is 0 Å². The van der Waals surface area contributed by atoms with Crippen molar-refractivity contribution in [3.05, 3.63) is 75.3 Å². The molecule has 33 heavy (non-hydrogen) atoms. The first kappa shape index (κ1) is 25.6. The predicted octanol–water partition coefficient (Wildman–Crippen LogP) is 3.48. The Morgan fingerprint density at radius 3 is 2.03 bits per heavy atom. The third-order valence-electron chi connectivity index (χ3n) is 5.48. The molecule has 0 radical (unpaired) electrons. The maximum atomic E-state index is 12.4. The van der Waals surface area contributed by atoms with Gasteiger partial charge in [0.25, 0.3) is 0 Å². The second-order valence-electron chi connectivity index (χ2n) is 7.75. The van der Waals surface area contributed by atoms with Crippen molar-refractivity contribution in [1.29, 1.82) is 0 Å². The van der Waals surface area contributed by atoms with Crippen molar-refractivity contribution < 1.29 is 8.42 Å². The Labute approximate surface area is 204 Å². The van der Waals surface area contributed by atoms with Crippen LogP contribution >= 0.6 is 23.2 Å². The summed E-state index contributed by atoms with van der Waals surface area (Å²) in [5.41, 5.74) is 22.9. The van der Waals surface area contributed by atoms with E-state index in [0.717, 1.165) is 27.8 Å². The zero-order valence-electron chi connectivity index (χ0n) is 18.2. The molecular weight excluding hydrogens is 479 g/mol. The van der Waals surface area contributed by atoms with E-state index in [-0.39, 0.29) is 4.90 Å². The zero-order valence-corrected chi connectivity index (χ0v) is 20.5. The molecule has 176 valence electrons. The van der Waals surface area contributed by atoms with Crippen LogP contribution in [0.4, 0.5) is 0 Å². The first-order valence-corrected chi connectivity index (χ1v) is 12.9. The molecule has 0 unspecified atom stereocenters. The SMILES string of the molecule is NCCc1ccc(S(N)(=O)=O)c(-c2cc(Cl)c(-c3cccc(Cl)c3CCN)cc2CCN)c1. The number of hydrogen-bond acceptors (Lipinski definition) is 5. The highest BCUT2D eigenvalue weighted by molar-refractivity contribution is 7.89. The molecule has 0 aromatic heterocycles. The maximum absolute atomic E-state index is 12.4. The molecular formula is C24H28Cl2N4O2S. The number of sulfonamides is 1. The van der Waals surface area contributed by atoms with Crippen LogP contribution in [0.2, 0.25) is 10.0 Å². The van der Waals surface area contributed by atoms with Crippen LogP contribution in [0.25, 0.3) is 22.3 Å². The second kappa shape index (κ2) is 11.0. The van der Waals surface area contributed by atoms with Gasteiger partial charge in [-0.3, -0.25) is 0 Å². The van der Waals surface area contributed by atoms with E-state index in [1.807, 2.05) is 24.3 Å². The van der Waals surface area contributed by atoms with Crippen LogP contribution in [0.3, 0.4) is 0 Å². The lowest BCUT2D eigenvalue weighted by Crippen LogP contribution is -2.15. The Hall–Kier alpha value is -1.97. The van der Waals surface area contributed by atoms with Gasteiger partial charge in [-0.2, -0.15) is 0 Å². The third-order valence-corrected chi connectivity index (χ3v) is 7.12. The molecule has 0 saturated heterocycles. The van der Waals surface area contributed by atoms with Gasteiger partial charge in [-0.25, -0.2) is 13.6 Å². The van der Waals surface area contributed by atoms with Crippen LogP contribution in [-0.2, 0) is 29.3 Å². The number of rotatable bonds is 9. The van der Waals surface area contributed by atoms with Crippen LogP contribution < -0.4 is 22.3 Å². The van der Waals surface area contributed by atoms with E-state index in [1.54, 1.807) is 18.2 Å². The normalized spacial score (nSPS) is 11.7. The van der Waals surface area contributed by atoms with Gasteiger partial charge in [0.1, 0.15) is 0 Å². The van der Waals surface area contributed by atoms with E-state index in [0.29, 0.717) is 60.1 Å². The largest absolute Gasteiger partial charge is 0.330 e. The predicted molar refractivity (Wildman–Crippen MR) is 137 cm³/mol. The number of halogens is 2. The summed E-state index contributed by atoms with van der Waals surface area (Å²) in [6, 6.07) is 14.4. The maximum Gasteiger partial charge on any atom is 0.238 e. The molecule has 0 aliphatic rings. The van der Waals surface area contributed by atoms with E-state index in [9.17, 15) is 8.42 Å². The Kier molecular flexibility index (Phi) is 8.53. The van der Waals surface area contributed by atoms with Gasteiger partial charge < -0.3 is 17.2 Å². The summed E-state index contributed by atoms with van der Waals surface area (Å²) in [6.07, 6.45) is 1.70. The zero-order chi connectivity index (χ0) is 24.2. The summed E-state index contributed by atoms with van der Waals surface area (Å²) < 4.78 is 24.7. The van der Waals surface area contributed by atoms with Crippen molar-refractivity contribution in [1.82, 2.24) is 0 Å². The van der Waals surface area contributed by atoms with Crippen molar-refractivity contribution in [3.8, 4) is 22.3 Å². The van der Waals surface area contributed by atoms with Gasteiger partial charge in [0.05, 0.1) is 4.90 Å². The van der Waals surface area contributed by atoms with Gasteiger partial charge >= 0.3 is 0 Å². The molecule has 0 atom stereocenters. The van der Waals surface area contributed by atoms with Gasteiger partial charge in [0.15, 0.2) is 0 Å². The fourth-order valence-electron chi connectivity index (χ4n) is 4.00. The lowest BCUT2D eigenvalue weighted by atomic mass is 9.90. The monoisotopic (exact) mass is 506 g/mol. The highest BCUT2D eigenvalue weighted by Crippen LogP contribution is 2.40. The van der Waals surface area contributed by atoms with E-state index in [1.165, 1.54) is 6.07 Å². The Bertz CT molecular complexity index is 1260. The van der Waals surface area contributed by atoms with Gasteiger partial charge in [-0.15, -0.1) is 0 Å². The van der Waals surface area contributed by atoms with E-state index in [4.69, 9.17) is 45.5 Å². The number of hydrogen-bond donors (Lipinski definition) is 4. The van der Waals surface area contributed by atoms with Gasteiger partial charge in [0, 0.05) is 21.2 Å². The van der Waals surface area contributed by atoms with Crippen molar-refractivity contribution in [2.45, 2.75) is 24.2 Å². The number of nitrogens with two attached hydrogens (primary N) is 4. The minimum atomic E-state index is -3.98. The smallest absolute Gasteiger partial charge is 0.238 e. The van der Waals surface area contributed by atoms with E-state index < -0.39 is 10.0 Å². The molecule has 9 heteroatoms. The van der Waals surface area contributed by atoms with Crippen LogP contribution in [0.5, 0.6) is 0 Å². The average Bonchev–Trinajstić information content (AvgIpc) is 2.76. The first-order chi connectivity index (χ1) is 15.7. The molecule has 0 heterocycles. The number of benzene rings is 3. The van der Waals surface area contributed by atoms with Crippen molar-refractivity contribution >= 4 is 33.2 Å². The first-order valence-electron chi connectivity index (χ1n) is 10.6. The van der Waals surface area contributed by atoms with Crippen LogP contribution in [0, 0.1) is 0 Å². The van der Waals surface area contributed by atoms with Crippen LogP contribution in [0.1, 0.15) is 16.7 Å². The fourth-order valence-corrected chi connectivity index (χ4v) is 5.27.